The molecule has 0 fully saturated rings. The minimum atomic E-state index is -0.561. The maximum absolute atomic E-state index is 12.2. The fraction of sp³-hybridized carbons (Fsp3) is 0.467. The molecule has 0 aromatic heterocycles. The van der Waals surface area contributed by atoms with Crippen LogP contribution in [0.25, 0.3) is 0 Å². The summed E-state index contributed by atoms with van der Waals surface area (Å²) in [6.45, 7) is 2.01. The molecule has 1 rings (SSSR count). The Morgan fingerprint density at radius 3 is 2.35 bits per heavy atom. The van der Waals surface area contributed by atoms with Gasteiger partial charge in [-0.25, -0.2) is 0 Å². The summed E-state index contributed by atoms with van der Waals surface area (Å²) in [4.78, 5) is 25.6. The zero-order valence-electron chi connectivity index (χ0n) is 12.3. The van der Waals surface area contributed by atoms with Gasteiger partial charge in [-0.15, -0.1) is 0 Å². The average Bonchev–Trinajstić information content (AvgIpc) is 2.45. The van der Waals surface area contributed by atoms with E-state index in [-0.39, 0.29) is 24.3 Å². The second-order valence-electron chi connectivity index (χ2n) is 5.12. The molecule has 0 aliphatic heterocycles. The van der Waals surface area contributed by atoms with E-state index in [9.17, 15) is 9.59 Å². The number of carbonyl (C=O) groups is 2. The second-order valence-corrected chi connectivity index (χ2v) is 5.12. The first-order valence-corrected chi connectivity index (χ1v) is 6.71. The van der Waals surface area contributed by atoms with Crippen molar-refractivity contribution in [2.45, 2.75) is 19.4 Å². The number of nitrogens with zero attached hydrogens (tertiary/aromatic N) is 1. The minimum Gasteiger partial charge on any atom is -0.347 e. The molecule has 0 bridgehead atoms. The number of hydrogen-bond acceptors (Lipinski definition) is 3. The van der Waals surface area contributed by atoms with E-state index >= 15 is 0 Å². The zero-order chi connectivity index (χ0) is 15.1. The Labute approximate surface area is 120 Å². The predicted molar refractivity (Wildman–Crippen MR) is 79.0 cm³/mol. The van der Waals surface area contributed by atoms with Gasteiger partial charge in [0.2, 0.25) is 11.8 Å². The molecule has 2 unspecified atom stereocenters. The zero-order valence-corrected chi connectivity index (χ0v) is 12.3. The average molecular weight is 277 g/mol. The Morgan fingerprint density at radius 1 is 1.25 bits per heavy atom. The van der Waals surface area contributed by atoms with Crippen LogP contribution in [0.1, 0.15) is 12.5 Å². The van der Waals surface area contributed by atoms with Gasteiger partial charge in [-0.2, -0.15) is 0 Å². The Hall–Kier alpha value is -1.88. The Kier molecular flexibility index (Phi) is 6.18. The molecule has 2 atom stereocenters. The maximum atomic E-state index is 12.2. The highest BCUT2D eigenvalue weighted by Gasteiger charge is 2.24. The standard InChI is InChI=1S/C15H23N3O2/c1-11(10-16)14(19)17-13(15(20)18(2)3)9-12-7-5-4-6-8-12/h4-8,11,13H,9-10,16H2,1-3H3,(H,17,19). The van der Waals surface area contributed by atoms with Crippen LogP contribution >= 0.6 is 0 Å². The van der Waals surface area contributed by atoms with Gasteiger partial charge in [-0.3, -0.25) is 9.59 Å². The molecule has 5 nitrogen and oxygen atoms in total. The van der Waals surface area contributed by atoms with Crippen molar-refractivity contribution in [3.05, 3.63) is 35.9 Å². The van der Waals surface area contributed by atoms with Gasteiger partial charge in [0.25, 0.3) is 0 Å². The number of likely N-dealkylation sites (N-methyl/N-ethyl adjacent to an activating group) is 1. The van der Waals surface area contributed by atoms with Crippen LogP contribution in [0.15, 0.2) is 30.3 Å². The smallest absolute Gasteiger partial charge is 0.244 e. The lowest BCUT2D eigenvalue weighted by Crippen LogP contribution is -2.49. The first-order chi connectivity index (χ1) is 9.45. The third kappa shape index (κ3) is 4.66. The van der Waals surface area contributed by atoms with Crippen molar-refractivity contribution in [2.75, 3.05) is 20.6 Å². The molecule has 1 aromatic rings. The molecule has 0 aliphatic rings. The van der Waals surface area contributed by atoms with E-state index < -0.39 is 6.04 Å². The molecule has 0 spiro atoms. The van der Waals surface area contributed by atoms with E-state index in [1.54, 1.807) is 21.0 Å². The van der Waals surface area contributed by atoms with Crippen molar-refractivity contribution >= 4 is 11.8 Å². The van der Waals surface area contributed by atoms with Gasteiger partial charge in [0.1, 0.15) is 6.04 Å². The summed E-state index contributed by atoms with van der Waals surface area (Å²) in [5, 5.41) is 2.79. The van der Waals surface area contributed by atoms with Crippen molar-refractivity contribution in [3.63, 3.8) is 0 Å². The van der Waals surface area contributed by atoms with Crippen molar-refractivity contribution in [1.29, 1.82) is 0 Å². The number of amides is 2. The van der Waals surface area contributed by atoms with Gasteiger partial charge in [-0.05, 0) is 5.56 Å². The van der Waals surface area contributed by atoms with Crippen molar-refractivity contribution in [1.82, 2.24) is 10.2 Å². The summed E-state index contributed by atoms with van der Waals surface area (Å²) in [7, 11) is 3.36. The Balaban J connectivity index is 2.81. The topological polar surface area (TPSA) is 75.4 Å². The number of nitrogens with one attached hydrogen (secondary N) is 1. The van der Waals surface area contributed by atoms with Gasteiger partial charge < -0.3 is 16.0 Å². The third-order valence-corrected chi connectivity index (χ3v) is 3.14. The van der Waals surface area contributed by atoms with Gasteiger partial charge >= 0.3 is 0 Å². The van der Waals surface area contributed by atoms with Gasteiger partial charge in [0, 0.05) is 33.0 Å². The molecule has 0 saturated carbocycles. The van der Waals surface area contributed by atoms with Crippen LogP contribution in [0.5, 0.6) is 0 Å². The highest BCUT2D eigenvalue weighted by Crippen LogP contribution is 2.06. The van der Waals surface area contributed by atoms with E-state index in [2.05, 4.69) is 5.32 Å². The van der Waals surface area contributed by atoms with Gasteiger partial charge in [0.05, 0.1) is 0 Å². The normalized spacial score (nSPS) is 13.4. The number of nitrogens with two attached hydrogens (primary N) is 1. The van der Waals surface area contributed by atoms with Crippen LogP contribution < -0.4 is 11.1 Å². The number of rotatable bonds is 6. The highest BCUT2D eigenvalue weighted by atomic mass is 16.2. The summed E-state index contributed by atoms with van der Waals surface area (Å²) in [5.41, 5.74) is 6.49. The van der Waals surface area contributed by atoms with E-state index in [1.807, 2.05) is 30.3 Å². The maximum Gasteiger partial charge on any atom is 0.244 e. The van der Waals surface area contributed by atoms with Crippen LogP contribution in [0.2, 0.25) is 0 Å². The molecule has 0 heterocycles. The minimum absolute atomic E-state index is 0.119. The molecule has 110 valence electrons. The molecule has 20 heavy (non-hydrogen) atoms. The van der Waals surface area contributed by atoms with Crippen LogP contribution in [0.4, 0.5) is 0 Å². The monoisotopic (exact) mass is 277 g/mol. The van der Waals surface area contributed by atoms with Crippen molar-refractivity contribution in [3.8, 4) is 0 Å². The molecule has 1 aromatic carbocycles. The number of benzene rings is 1. The molecule has 5 heteroatoms. The molecule has 0 saturated heterocycles. The SMILES string of the molecule is CC(CN)C(=O)NC(Cc1ccccc1)C(=O)N(C)C. The third-order valence-electron chi connectivity index (χ3n) is 3.14. The lowest BCUT2D eigenvalue weighted by molar-refractivity contribution is -0.135. The van der Waals surface area contributed by atoms with E-state index in [0.717, 1.165) is 5.56 Å². The molecule has 0 radical (unpaired) electrons. The molecular formula is C15H23N3O2. The summed E-state index contributed by atoms with van der Waals surface area (Å²) < 4.78 is 0. The number of hydrogen-bond donors (Lipinski definition) is 2. The van der Waals surface area contributed by atoms with E-state index in [1.165, 1.54) is 4.90 Å². The molecule has 3 N–H and O–H groups in total. The lowest BCUT2D eigenvalue weighted by Gasteiger charge is -2.23. The Morgan fingerprint density at radius 2 is 1.85 bits per heavy atom. The first-order valence-electron chi connectivity index (χ1n) is 6.71. The second kappa shape index (κ2) is 7.65. The summed E-state index contributed by atoms with van der Waals surface area (Å²) >= 11 is 0. The summed E-state index contributed by atoms with van der Waals surface area (Å²) in [6.07, 6.45) is 0.473. The highest BCUT2D eigenvalue weighted by molar-refractivity contribution is 5.88. The van der Waals surface area contributed by atoms with E-state index in [0.29, 0.717) is 6.42 Å². The van der Waals surface area contributed by atoms with E-state index in [4.69, 9.17) is 5.73 Å². The van der Waals surface area contributed by atoms with Crippen LogP contribution in [-0.2, 0) is 16.0 Å². The van der Waals surface area contributed by atoms with Gasteiger partial charge in [-0.1, -0.05) is 37.3 Å². The lowest BCUT2D eigenvalue weighted by atomic mass is 10.0. The number of carbonyl (C=O) groups excluding carboxylic acids is 2. The molecular weight excluding hydrogens is 254 g/mol. The molecule has 2 amide bonds. The first kappa shape index (κ1) is 16.2. The largest absolute Gasteiger partial charge is 0.347 e. The Bertz CT molecular complexity index is 446. The predicted octanol–water partition coefficient (Wildman–Crippen LogP) is 0.397. The van der Waals surface area contributed by atoms with Crippen LogP contribution in [-0.4, -0.2) is 43.4 Å². The van der Waals surface area contributed by atoms with Crippen LogP contribution in [0, 0.1) is 5.92 Å². The van der Waals surface area contributed by atoms with Crippen LogP contribution in [0.3, 0.4) is 0 Å². The fourth-order valence-corrected chi connectivity index (χ4v) is 1.78. The van der Waals surface area contributed by atoms with Crippen molar-refractivity contribution < 1.29 is 9.59 Å². The fourth-order valence-electron chi connectivity index (χ4n) is 1.78. The quantitative estimate of drug-likeness (QED) is 0.790. The summed E-state index contributed by atoms with van der Waals surface area (Å²) in [5.74, 6) is -0.613. The molecule has 0 aliphatic carbocycles. The van der Waals surface area contributed by atoms with Crippen molar-refractivity contribution in [2.24, 2.45) is 11.7 Å². The summed E-state index contributed by atoms with van der Waals surface area (Å²) in [6, 6.07) is 9.06. The van der Waals surface area contributed by atoms with Gasteiger partial charge in [0.15, 0.2) is 0 Å².